The van der Waals surface area contributed by atoms with Gasteiger partial charge in [-0.05, 0) is 29.7 Å². The van der Waals surface area contributed by atoms with Crippen molar-refractivity contribution in [1.29, 1.82) is 0 Å². The molecule has 1 aliphatic heterocycles. The zero-order chi connectivity index (χ0) is 16.6. The van der Waals surface area contributed by atoms with Crippen LogP contribution in [-0.4, -0.2) is 32.3 Å². The lowest BCUT2D eigenvalue weighted by atomic mass is 10.0. The number of carbonyl (C=O) groups is 1. The number of nitrogens with one attached hydrogen (secondary N) is 1. The predicted molar refractivity (Wildman–Crippen MR) is 85.8 cm³/mol. The Morgan fingerprint density at radius 1 is 1.43 bits per heavy atom. The molecular weight excluding hydrogens is 294 g/mol. The summed E-state index contributed by atoms with van der Waals surface area (Å²) in [7, 11) is 0. The maximum atomic E-state index is 12.4. The number of hydrogen-bond donors (Lipinski definition) is 3. The highest BCUT2D eigenvalue weighted by Crippen LogP contribution is 2.22. The van der Waals surface area contributed by atoms with E-state index in [1.165, 1.54) is 15.9 Å². The highest BCUT2D eigenvalue weighted by atomic mass is 16.3. The summed E-state index contributed by atoms with van der Waals surface area (Å²) in [6.07, 6.45) is 3.11. The zero-order valence-electron chi connectivity index (χ0n) is 13.0. The molecule has 0 saturated carbocycles. The molecule has 0 atom stereocenters. The van der Waals surface area contributed by atoms with E-state index in [9.17, 15) is 9.90 Å². The summed E-state index contributed by atoms with van der Waals surface area (Å²) >= 11 is 0. The van der Waals surface area contributed by atoms with Crippen LogP contribution in [0.25, 0.3) is 5.69 Å². The summed E-state index contributed by atoms with van der Waals surface area (Å²) in [5, 5.41) is 15.6. The largest absolute Gasteiger partial charge is 0.504 e. The summed E-state index contributed by atoms with van der Waals surface area (Å²) in [5.41, 5.74) is 10.2. The third-order valence-corrected chi connectivity index (χ3v) is 3.70. The molecule has 0 unspecified atom stereocenters. The van der Waals surface area contributed by atoms with Gasteiger partial charge >= 0.3 is 0 Å². The Balaban J connectivity index is 1.89. The molecule has 0 spiro atoms. The molecule has 0 saturated heterocycles. The van der Waals surface area contributed by atoms with Gasteiger partial charge in [-0.15, -0.1) is 0 Å². The summed E-state index contributed by atoms with van der Waals surface area (Å²) in [4.78, 5) is 12.4. The molecule has 2 aromatic rings. The van der Waals surface area contributed by atoms with Gasteiger partial charge in [0.15, 0.2) is 11.4 Å². The number of hydrogen-bond acceptors (Lipinski definition) is 5. The SMILES string of the molecule is CC(C)c1cccc(-n2cc(O)c(C(=O)N3CC=C(N)N3)n2)c1. The maximum absolute atomic E-state index is 12.4. The first-order valence-electron chi connectivity index (χ1n) is 7.39. The van der Waals surface area contributed by atoms with Crippen molar-refractivity contribution in [2.75, 3.05) is 6.54 Å². The topological polar surface area (TPSA) is 96.4 Å². The van der Waals surface area contributed by atoms with Gasteiger partial charge in [0.05, 0.1) is 18.4 Å². The van der Waals surface area contributed by atoms with Crippen LogP contribution in [0.1, 0.15) is 35.8 Å². The van der Waals surface area contributed by atoms with Crippen LogP contribution in [-0.2, 0) is 0 Å². The fourth-order valence-electron chi connectivity index (χ4n) is 2.37. The van der Waals surface area contributed by atoms with Gasteiger partial charge in [-0.1, -0.05) is 26.0 Å². The van der Waals surface area contributed by atoms with Crippen LogP contribution in [0.2, 0.25) is 0 Å². The van der Waals surface area contributed by atoms with Gasteiger partial charge in [0.2, 0.25) is 0 Å². The van der Waals surface area contributed by atoms with Crippen molar-refractivity contribution >= 4 is 5.91 Å². The lowest BCUT2D eigenvalue weighted by Gasteiger charge is -2.15. The van der Waals surface area contributed by atoms with E-state index in [4.69, 9.17) is 5.73 Å². The Kier molecular flexibility index (Phi) is 3.69. The molecule has 1 aromatic heterocycles. The Morgan fingerprint density at radius 2 is 2.22 bits per heavy atom. The van der Waals surface area contributed by atoms with Crippen molar-refractivity contribution in [1.82, 2.24) is 20.2 Å². The van der Waals surface area contributed by atoms with E-state index in [0.29, 0.717) is 18.3 Å². The Morgan fingerprint density at radius 3 is 2.87 bits per heavy atom. The minimum Gasteiger partial charge on any atom is -0.504 e. The molecule has 0 fully saturated rings. The quantitative estimate of drug-likeness (QED) is 0.797. The van der Waals surface area contributed by atoms with E-state index in [1.54, 1.807) is 6.08 Å². The van der Waals surface area contributed by atoms with Crippen LogP contribution in [0.3, 0.4) is 0 Å². The van der Waals surface area contributed by atoms with Gasteiger partial charge in [0, 0.05) is 0 Å². The molecule has 23 heavy (non-hydrogen) atoms. The minimum atomic E-state index is -0.432. The number of nitrogens with zero attached hydrogens (tertiary/aromatic N) is 3. The molecule has 0 radical (unpaired) electrons. The van der Waals surface area contributed by atoms with Crippen LogP contribution in [0.5, 0.6) is 5.75 Å². The molecule has 0 bridgehead atoms. The maximum Gasteiger partial charge on any atom is 0.296 e. The minimum absolute atomic E-state index is 0.0180. The van der Waals surface area contributed by atoms with Crippen LogP contribution in [0.4, 0.5) is 0 Å². The smallest absolute Gasteiger partial charge is 0.296 e. The van der Waals surface area contributed by atoms with Gasteiger partial charge in [-0.25, -0.2) is 9.69 Å². The lowest BCUT2D eigenvalue weighted by Crippen LogP contribution is -2.39. The summed E-state index contributed by atoms with van der Waals surface area (Å²) in [6.45, 7) is 4.54. The van der Waals surface area contributed by atoms with Crippen LogP contribution in [0, 0.1) is 0 Å². The Bertz CT molecular complexity index is 779. The standard InChI is InChI=1S/C16H19N5O2/c1-10(2)11-4-3-5-12(8-11)21-9-13(22)15(19-21)16(23)20-7-6-14(17)18-20/h3-6,8-10,18,22H,7,17H2,1-2H3. The van der Waals surface area contributed by atoms with E-state index in [-0.39, 0.29) is 11.4 Å². The molecular formula is C16H19N5O2. The van der Waals surface area contributed by atoms with E-state index >= 15 is 0 Å². The fraction of sp³-hybridized carbons (Fsp3) is 0.250. The highest BCUT2D eigenvalue weighted by Gasteiger charge is 2.25. The van der Waals surface area contributed by atoms with Crippen molar-refractivity contribution in [3.8, 4) is 11.4 Å². The van der Waals surface area contributed by atoms with Gasteiger partial charge in [0.25, 0.3) is 5.91 Å². The number of rotatable bonds is 3. The van der Waals surface area contributed by atoms with Crippen LogP contribution >= 0.6 is 0 Å². The van der Waals surface area contributed by atoms with Crippen LogP contribution < -0.4 is 11.2 Å². The first-order valence-corrected chi connectivity index (χ1v) is 7.39. The molecule has 1 aliphatic rings. The summed E-state index contributed by atoms with van der Waals surface area (Å²) < 4.78 is 1.50. The first-order chi connectivity index (χ1) is 11.0. The highest BCUT2D eigenvalue weighted by molar-refractivity contribution is 5.94. The third-order valence-electron chi connectivity index (χ3n) is 3.70. The number of aromatic hydroxyl groups is 1. The number of amides is 1. The normalized spacial score (nSPS) is 14.0. The molecule has 0 aliphatic carbocycles. The molecule has 1 amide bonds. The number of benzene rings is 1. The van der Waals surface area contributed by atoms with Crippen LogP contribution in [0.15, 0.2) is 42.4 Å². The van der Waals surface area contributed by atoms with Gasteiger partial charge < -0.3 is 10.8 Å². The second-order valence-electron chi connectivity index (χ2n) is 5.74. The van der Waals surface area contributed by atoms with Crippen molar-refractivity contribution in [3.05, 3.63) is 53.6 Å². The fourth-order valence-corrected chi connectivity index (χ4v) is 2.37. The van der Waals surface area contributed by atoms with E-state index in [1.807, 2.05) is 24.3 Å². The summed E-state index contributed by atoms with van der Waals surface area (Å²) in [6, 6.07) is 7.82. The number of aromatic nitrogens is 2. The number of carbonyl (C=O) groups excluding carboxylic acids is 1. The van der Waals surface area contributed by atoms with Crippen molar-refractivity contribution in [2.24, 2.45) is 5.73 Å². The van der Waals surface area contributed by atoms with Gasteiger partial charge in [-0.2, -0.15) is 5.10 Å². The monoisotopic (exact) mass is 313 g/mol. The second-order valence-corrected chi connectivity index (χ2v) is 5.74. The van der Waals surface area contributed by atoms with Crippen molar-refractivity contribution in [2.45, 2.75) is 19.8 Å². The van der Waals surface area contributed by atoms with E-state index in [2.05, 4.69) is 24.4 Å². The summed E-state index contributed by atoms with van der Waals surface area (Å²) in [5.74, 6) is 0.181. The molecule has 2 heterocycles. The van der Waals surface area contributed by atoms with Crippen molar-refractivity contribution < 1.29 is 9.90 Å². The van der Waals surface area contributed by atoms with Gasteiger partial charge in [-0.3, -0.25) is 10.2 Å². The third kappa shape index (κ3) is 2.85. The average molecular weight is 313 g/mol. The Hall–Kier alpha value is -2.96. The average Bonchev–Trinajstić information content (AvgIpc) is 3.13. The van der Waals surface area contributed by atoms with Gasteiger partial charge in [0.1, 0.15) is 5.82 Å². The molecule has 7 nitrogen and oxygen atoms in total. The lowest BCUT2D eigenvalue weighted by molar-refractivity contribution is 0.0721. The molecule has 4 N–H and O–H groups in total. The first kappa shape index (κ1) is 15.0. The van der Waals surface area contributed by atoms with Crippen molar-refractivity contribution in [3.63, 3.8) is 0 Å². The number of nitrogens with two attached hydrogens (primary N) is 1. The molecule has 1 aromatic carbocycles. The zero-order valence-corrected chi connectivity index (χ0v) is 13.0. The van der Waals surface area contributed by atoms with E-state index in [0.717, 1.165) is 11.3 Å². The second kappa shape index (κ2) is 5.68. The molecule has 3 rings (SSSR count). The number of hydrazine groups is 1. The predicted octanol–water partition coefficient (Wildman–Crippen LogP) is 1.46. The van der Waals surface area contributed by atoms with E-state index < -0.39 is 5.91 Å². The molecule has 7 heteroatoms. The Labute approximate surface area is 134 Å². The molecule has 120 valence electrons.